The third kappa shape index (κ3) is 14.9. The van der Waals surface area contributed by atoms with Gasteiger partial charge in [-0.15, -0.1) is 34.0 Å². The van der Waals surface area contributed by atoms with Gasteiger partial charge in [0.15, 0.2) is 24.2 Å². The largest absolute Gasteiger partial charge is 0.423 e. The molecule has 3 aromatic heterocycles. The van der Waals surface area contributed by atoms with E-state index in [2.05, 4.69) is 426 Å². The first-order valence-corrected chi connectivity index (χ1v) is 54.4. The standard InChI is InChI=1S/C125H88O4S3Si3/c1-125(92-64-68-94(69-65-92)128-123(126)87-34-10-2-11-35-87,93-66-70-95(71-67-93)129-124(127)88-36-12-3-13-37-88)85-86-62-72-102(73-63-86)135(101-51-24-9-25-52-101,104-54-31-39-90(81-104)109-58-33-59-112-111-56-26-28-60-116(111)131-121(109)112)105-55-32-40-91(82-105)110-77-76-108(120-113-57-27-29-61-117(113)132-122(110)120)89-38-30-53-103(80-89)134(99-47-20-7-21-48-99,100-49-22-8-23-50-100)107-75-79-119-115(84-107)114-83-106(74-78-118(114)130-119)133(96-41-14-4-15-42-96,97-43-16-5-17-44-97)98-45-18-6-19-46-98/h2-84H,85H2,1H3. The van der Waals surface area contributed by atoms with Crippen LogP contribution < -0.4 is 71.7 Å². The lowest BCUT2D eigenvalue weighted by atomic mass is 9.72. The van der Waals surface area contributed by atoms with Crippen molar-refractivity contribution in [2.24, 2.45) is 0 Å². The fraction of sp³-hybridized carbons (Fsp3) is 0.0240. The average molecular weight is 1830 g/mol. The van der Waals surface area contributed by atoms with Crippen molar-refractivity contribution in [3.8, 4) is 44.9 Å². The summed E-state index contributed by atoms with van der Waals surface area (Å²) in [4.78, 5) is 27.0. The summed E-state index contributed by atoms with van der Waals surface area (Å²) >= 11 is 5.65. The van der Waals surface area contributed by atoms with E-state index in [1.54, 1.807) is 24.3 Å². The van der Waals surface area contributed by atoms with E-state index >= 15 is 0 Å². The molecule has 3 heterocycles. The number of thiophene rings is 3. The number of carbonyl (C=O) groups excluding carboxylic acids is 2. The van der Waals surface area contributed by atoms with Crippen molar-refractivity contribution in [3.05, 3.63) is 531 Å². The highest BCUT2D eigenvalue weighted by molar-refractivity contribution is 7.28. The molecular weight excluding hydrogens is 1750 g/mol. The van der Waals surface area contributed by atoms with E-state index in [0.717, 1.165) is 22.3 Å². The normalized spacial score (nSPS) is 12.3. The highest BCUT2D eigenvalue weighted by Gasteiger charge is 2.46. The molecule has 1 unspecified atom stereocenters. The molecule has 0 aliphatic carbocycles. The lowest BCUT2D eigenvalue weighted by Gasteiger charge is -2.36. The number of ether oxygens (including phenoxy) is 2. The van der Waals surface area contributed by atoms with Gasteiger partial charge in [0.25, 0.3) is 0 Å². The summed E-state index contributed by atoms with van der Waals surface area (Å²) in [7, 11) is -9.58. The monoisotopic (exact) mass is 1830 g/mol. The van der Waals surface area contributed by atoms with Crippen LogP contribution in [-0.2, 0) is 11.8 Å². The maximum absolute atomic E-state index is 13.5. The Hall–Kier alpha value is -15.3. The molecule has 23 aromatic rings. The molecular formula is C125H88O4S3Si3. The molecule has 0 saturated heterocycles. The van der Waals surface area contributed by atoms with Crippen molar-refractivity contribution >= 4 is 193 Å². The number of hydrogen-bond donors (Lipinski definition) is 0. The van der Waals surface area contributed by atoms with Crippen LogP contribution in [0.5, 0.6) is 11.5 Å². The Labute approximate surface area is 800 Å². The topological polar surface area (TPSA) is 52.6 Å². The minimum Gasteiger partial charge on any atom is -0.423 e. The van der Waals surface area contributed by atoms with E-state index in [-0.39, 0.29) is 0 Å². The van der Waals surface area contributed by atoms with E-state index in [4.69, 9.17) is 9.47 Å². The molecule has 10 heteroatoms. The van der Waals surface area contributed by atoms with Gasteiger partial charge in [-0.3, -0.25) is 0 Å². The van der Waals surface area contributed by atoms with Gasteiger partial charge >= 0.3 is 11.9 Å². The summed E-state index contributed by atoms with van der Waals surface area (Å²) in [6.45, 7) is 2.27. The molecule has 0 amide bonds. The minimum absolute atomic E-state index is 0.425. The summed E-state index contributed by atoms with van der Waals surface area (Å²) < 4.78 is 19.6. The lowest BCUT2D eigenvalue weighted by molar-refractivity contribution is 0.0725. The van der Waals surface area contributed by atoms with Crippen LogP contribution in [-0.4, -0.2) is 36.2 Å². The van der Waals surface area contributed by atoms with Gasteiger partial charge < -0.3 is 9.47 Å². The van der Waals surface area contributed by atoms with Crippen molar-refractivity contribution in [1.82, 2.24) is 0 Å². The van der Waals surface area contributed by atoms with Crippen molar-refractivity contribution in [2.45, 2.75) is 18.8 Å². The maximum atomic E-state index is 13.5. The van der Waals surface area contributed by atoms with Crippen LogP contribution >= 0.6 is 34.0 Å². The lowest BCUT2D eigenvalue weighted by Crippen LogP contribution is -2.74. The van der Waals surface area contributed by atoms with E-state index in [9.17, 15) is 9.59 Å². The Kier molecular flexibility index (Phi) is 22.2. The summed E-state index contributed by atoms with van der Waals surface area (Å²) in [5, 5.41) is 23.3. The molecule has 1 atom stereocenters. The quantitative estimate of drug-likeness (QED) is 0.0277. The smallest absolute Gasteiger partial charge is 0.343 e. The maximum Gasteiger partial charge on any atom is 0.343 e. The highest BCUT2D eigenvalue weighted by Crippen LogP contribution is 2.47. The number of benzene rings is 20. The first-order valence-electron chi connectivity index (χ1n) is 45.9. The van der Waals surface area contributed by atoms with Gasteiger partial charge in [0, 0.05) is 65.9 Å². The second-order valence-electron chi connectivity index (χ2n) is 35.2. The van der Waals surface area contributed by atoms with Gasteiger partial charge in [-0.1, -0.05) is 438 Å². The van der Waals surface area contributed by atoms with E-state index in [1.165, 1.54) is 151 Å². The molecule has 0 saturated carbocycles. The van der Waals surface area contributed by atoms with Crippen LogP contribution in [0, 0.1) is 0 Å². The first-order chi connectivity index (χ1) is 66.6. The fourth-order valence-corrected chi connectivity index (χ4v) is 39.3. The molecule has 135 heavy (non-hydrogen) atoms. The fourth-order valence-electron chi connectivity index (χ4n) is 21.3. The number of esters is 2. The molecule has 23 rings (SSSR count). The summed E-state index contributed by atoms with van der Waals surface area (Å²) in [6.07, 6.45) is 0.589. The molecule has 0 radical (unpaired) electrons. The van der Waals surface area contributed by atoms with Crippen LogP contribution in [0.15, 0.2) is 504 Å². The summed E-state index contributed by atoms with van der Waals surface area (Å²) in [5.41, 5.74) is 10.5. The molecule has 0 aliphatic heterocycles. The third-order valence-corrected chi connectivity index (χ3v) is 45.6. The van der Waals surface area contributed by atoms with Gasteiger partial charge in [-0.05, 0) is 192 Å². The second kappa shape index (κ2) is 35.6. The van der Waals surface area contributed by atoms with Gasteiger partial charge in [-0.2, -0.15) is 0 Å². The van der Waals surface area contributed by atoms with Crippen molar-refractivity contribution in [1.29, 1.82) is 0 Å². The summed E-state index contributed by atoms with van der Waals surface area (Å²) in [6, 6.07) is 185. The number of hydrogen-bond acceptors (Lipinski definition) is 7. The van der Waals surface area contributed by atoms with Crippen LogP contribution in [0.2, 0.25) is 0 Å². The first kappa shape index (κ1) is 83.9. The molecule has 0 bridgehead atoms. The molecule has 0 aliphatic rings. The number of fused-ring (bicyclic) bond motifs is 9. The van der Waals surface area contributed by atoms with Gasteiger partial charge in [0.2, 0.25) is 0 Å². The van der Waals surface area contributed by atoms with Gasteiger partial charge in [-0.25, -0.2) is 9.59 Å². The third-order valence-electron chi connectivity index (χ3n) is 27.7. The van der Waals surface area contributed by atoms with Crippen molar-refractivity contribution in [3.63, 3.8) is 0 Å². The van der Waals surface area contributed by atoms with Crippen LogP contribution in [0.25, 0.3) is 93.9 Å². The van der Waals surface area contributed by atoms with Gasteiger partial charge in [0.1, 0.15) is 11.5 Å². The predicted molar refractivity (Wildman–Crippen MR) is 578 cm³/mol. The van der Waals surface area contributed by atoms with Crippen LogP contribution in [0.3, 0.4) is 0 Å². The van der Waals surface area contributed by atoms with E-state index in [0.29, 0.717) is 29.0 Å². The van der Waals surface area contributed by atoms with E-state index in [1.807, 2.05) is 94.7 Å². The molecule has 4 nitrogen and oxygen atoms in total. The van der Waals surface area contributed by atoms with Crippen LogP contribution in [0.4, 0.5) is 0 Å². The zero-order valence-electron chi connectivity index (χ0n) is 74.0. The number of rotatable bonds is 23. The second-order valence-corrected chi connectivity index (χ2v) is 49.8. The Morgan fingerprint density at radius 3 is 0.970 bits per heavy atom. The predicted octanol–water partition coefficient (Wildman–Crippen LogP) is 23.9. The van der Waals surface area contributed by atoms with E-state index < -0.39 is 41.6 Å². The molecule has 0 N–H and O–H groups in total. The highest BCUT2D eigenvalue weighted by atomic mass is 32.1. The van der Waals surface area contributed by atoms with Crippen LogP contribution in [0.1, 0.15) is 44.3 Å². The Morgan fingerprint density at radius 2 is 0.541 bits per heavy atom. The molecule has 0 fully saturated rings. The average Bonchev–Trinajstić information content (AvgIpc) is 1.49. The molecule has 0 spiro atoms. The molecule has 642 valence electrons. The SMILES string of the molecule is CC(Cc1ccc([Si](c2ccccc2)(c2cccc(-c3cccc4c3sc3ccccc34)c2)c2cccc(-c3ccc(-c4cccc([Si](c5ccccc5)(c5ccccc5)c5ccc6sc7ccc([Si](c8ccccc8)(c8ccccc8)c8ccccc8)cc7c6c5)c4)c4c3sc3ccccc34)c2)cc1)(c1ccc(OC(=O)c2ccccc2)cc1)c1ccc(OC(=O)c2ccccc2)cc1. The number of carbonyl (C=O) groups is 2. The summed E-state index contributed by atoms with van der Waals surface area (Å²) in [5.74, 6) is 0.0392. The zero-order chi connectivity index (χ0) is 90.4. The van der Waals surface area contributed by atoms with Crippen molar-refractivity contribution in [2.75, 3.05) is 0 Å². The Morgan fingerprint density at radius 1 is 0.237 bits per heavy atom. The molecule has 20 aromatic carbocycles. The van der Waals surface area contributed by atoms with Crippen molar-refractivity contribution < 1.29 is 19.1 Å². The zero-order valence-corrected chi connectivity index (χ0v) is 79.4. The Bertz CT molecular complexity index is 8110. The minimum atomic E-state index is -3.44. The Balaban J connectivity index is 0.674. The van der Waals surface area contributed by atoms with Gasteiger partial charge in [0.05, 0.1) is 11.1 Å².